The molecule has 0 bridgehead atoms. The molecule has 0 unspecified atom stereocenters. The molecular weight excluding hydrogens is 426 g/mol. The molecule has 7 nitrogen and oxygen atoms in total. The number of rotatable bonds is 5. The minimum atomic E-state index is -3.29. The Bertz CT molecular complexity index is 1380. The highest BCUT2D eigenvalue weighted by Gasteiger charge is 2.25. The molecule has 31 heavy (non-hydrogen) atoms. The van der Waals surface area contributed by atoms with E-state index in [2.05, 4.69) is 11.1 Å². The number of benzene rings is 1. The number of pyridine rings is 1. The fourth-order valence-corrected chi connectivity index (χ4v) is 4.63. The predicted molar refractivity (Wildman–Crippen MR) is 114 cm³/mol. The van der Waals surface area contributed by atoms with Gasteiger partial charge in [0.2, 0.25) is 5.88 Å². The Labute approximate surface area is 178 Å². The predicted octanol–water partition coefficient (Wildman–Crippen LogP) is 3.67. The summed E-state index contributed by atoms with van der Waals surface area (Å²) in [5.74, 6) is -1.57. The molecule has 1 atom stereocenters. The number of aromatic nitrogens is 3. The van der Waals surface area contributed by atoms with Gasteiger partial charge in [0.1, 0.15) is 11.6 Å². The lowest BCUT2D eigenvalue weighted by molar-refractivity contribution is 0.397. The number of aryl methyl sites for hydroxylation is 1. The number of fused-ring (bicyclic) bond motifs is 1. The van der Waals surface area contributed by atoms with Crippen LogP contribution >= 0.6 is 0 Å². The van der Waals surface area contributed by atoms with E-state index in [1.54, 1.807) is 7.05 Å². The topological polar surface area (TPSA) is 90.0 Å². The van der Waals surface area contributed by atoms with Crippen LogP contribution in [0.1, 0.15) is 30.4 Å². The molecule has 0 spiro atoms. The molecule has 0 saturated carbocycles. The average molecular weight is 448 g/mol. The molecule has 0 radical (unpaired) electrons. The molecule has 3 aromatic rings. The van der Waals surface area contributed by atoms with E-state index in [9.17, 15) is 17.8 Å². The fourth-order valence-electron chi connectivity index (χ4n) is 3.98. The number of halogens is 2. The lowest BCUT2D eigenvalue weighted by Gasteiger charge is -2.14. The molecule has 1 aliphatic carbocycles. The molecule has 2 heterocycles. The van der Waals surface area contributed by atoms with E-state index in [4.69, 9.17) is 9.52 Å². The third-order valence-electron chi connectivity index (χ3n) is 5.58. The molecule has 0 fully saturated rings. The standard InChI is InChI=1S/C21H22F2N4O3S/c1-26-17-10-25-20(30-2)18(12-6-4-5-7-12)19(17)27(21(26)28)11-14-15(22)8-13(9-16(14)23)31(3,24)29/h6,8-10,24H,4-5,7,11H2,1-3H3/t31-/m1/s1. The van der Waals surface area contributed by atoms with Crippen LogP contribution in [0.4, 0.5) is 8.78 Å². The van der Waals surface area contributed by atoms with Gasteiger partial charge in [0.25, 0.3) is 0 Å². The Kier molecular flexibility index (Phi) is 5.20. The third-order valence-corrected chi connectivity index (χ3v) is 6.72. The van der Waals surface area contributed by atoms with Gasteiger partial charge in [-0.3, -0.25) is 9.13 Å². The molecule has 0 amide bonds. The number of hydrogen-bond acceptors (Lipinski definition) is 5. The monoisotopic (exact) mass is 448 g/mol. The Morgan fingerprint density at radius 1 is 1.29 bits per heavy atom. The number of methoxy groups -OCH3 is 1. The first-order chi connectivity index (χ1) is 14.6. The van der Waals surface area contributed by atoms with Crippen LogP contribution < -0.4 is 10.4 Å². The van der Waals surface area contributed by atoms with E-state index in [-0.39, 0.29) is 17.0 Å². The van der Waals surface area contributed by atoms with Crippen LogP contribution in [0.3, 0.4) is 0 Å². The highest BCUT2D eigenvalue weighted by Crippen LogP contribution is 2.37. The van der Waals surface area contributed by atoms with Crippen molar-refractivity contribution in [3.05, 3.63) is 57.7 Å². The molecule has 1 aromatic carbocycles. The Hall–Kier alpha value is -3.01. The van der Waals surface area contributed by atoms with Gasteiger partial charge in [-0.1, -0.05) is 6.08 Å². The maximum absolute atomic E-state index is 14.8. The quantitative estimate of drug-likeness (QED) is 0.645. The summed E-state index contributed by atoms with van der Waals surface area (Å²) in [4.78, 5) is 17.1. The van der Waals surface area contributed by atoms with E-state index >= 15 is 0 Å². The summed E-state index contributed by atoms with van der Waals surface area (Å²) in [5.41, 5.74) is 1.85. The van der Waals surface area contributed by atoms with Crippen LogP contribution in [0.5, 0.6) is 5.88 Å². The molecular formula is C21H22F2N4O3S. The first kappa shape index (κ1) is 21.2. The largest absolute Gasteiger partial charge is 0.480 e. The van der Waals surface area contributed by atoms with Crippen molar-refractivity contribution in [2.24, 2.45) is 7.05 Å². The van der Waals surface area contributed by atoms with Crippen molar-refractivity contribution >= 4 is 26.3 Å². The molecule has 0 saturated heterocycles. The van der Waals surface area contributed by atoms with Crippen LogP contribution in [-0.2, 0) is 23.3 Å². The molecule has 1 aliphatic rings. The third kappa shape index (κ3) is 3.54. The van der Waals surface area contributed by atoms with Gasteiger partial charge in [-0.2, -0.15) is 0 Å². The summed E-state index contributed by atoms with van der Waals surface area (Å²) in [7, 11) is -0.228. The summed E-state index contributed by atoms with van der Waals surface area (Å²) >= 11 is 0. The second-order valence-corrected chi connectivity index (χ2v) is 9.79. The maximum Gasteiger partial charge on any atom is 0.329 e. The Morgan fingerprint density at radius 3 is 2.52 bits per heavy atom. The molecule has 10 heteroatoms. The molecule has 2 aromatic heterocycles. The highest BCUT2D eigenvalue weighted by atomic mass is 32.2. The fraction of sp³-hybridized carbons (Fsp3) is 0.333. The van der Waals surface area contributed by atoms with Crippen molar-refractivity contribution in [3.63, 3.8) is 0 Å². The van der Waals surface area contributed by atoms with Gasteiger partial charge in [0.15, 0.2) is 0 Å². The number of allylic oxidation sites excluding steroid dienone is 2. The smallest absolute Gasteiger partial charge is 0.329 e. The lowest BCUT2D eigenvalue weighted by Crippen LogP contribution is -2.24. The minimum absolute atomic E-state index is 0.237. The minimum Gasteiger partial charge on any atom is -0.480 e. The van der Waals surface area contributed by atoms with Gasteiger partial charge in [-0.25, -0.2) is 27.5 Å². The van der Waals surface area contributed by atoms with Gasteiger partial charge in [-0.15, -0.1) is 0 Å². The number of nitrogens with zero attached hydrogens (tertiary/aromatic N) is 3. The van der Waals surface area contributed by atoms with Gasteiger partial charge >= 0.3 is 5.69 Å². The van der Waals surface area contributed by atoms with Crippen molar-refractivity contribution in [3.8, 4) is 5.88 Å². The van der Waals surface area contributed by atoms with Crippen molar-refractivity contribution in [1.29, 1.82) is 4.78 Å². The van der Waals surface area contributed by atoms with Crippen molar-refractivity contribution in [2.75, 3.05) is 13.4 Å². The summed E-state index contributed by atoms with van der Waals surface area (Å²) in [6.45, 7) is -0.371. The zero-order chi connectivity index (χ0) is 22.5. The summed E-state index contributed by atoms with van der Waals surface area (Å²) in [6, 6.07) is 1.79. The van der Waals surface area contributed by atoms with E-state index < -0.39 is 27.1 Å². The second-order valence-electron chi connectivity index (χ2n) is 7.63. The van der Waals surface area contributed by atoms with Crippen molar-refractivity contribution in [1.82, 2.24) is 14.1 Å². The van der Waals surface area contributed by atoms with Crippen LogP contribution in [0.25, 0.3) is 16.6 Å². The molecule has 0 aliphatic heterocycles. The van der Waals surface area contributed by atoms with Crippen molar-refractivity contribution < 1.29 is 17.7 Å². The zero-order valence-electron chi connectivity index (χ0n) is 17.4. The average Bonchev–Trinajstić information content (AvgIpc) is 3.32. The van der Waals surface area contributed by atoms with Crippen LogP contribution in [-0.4, -0.2) is 31.7 Å². The van der Waals surface area contributed by atoms with Crippen LogP contribution in [0.2, 0.25) is 0 Å². The van der Waals surface area contributed by atoms with Crippen LogP contribution in [0.15, 0.2) is 34.1 Å². The summed E-state index contributed by atoms with van der Waals surface area (Å²) in [5, 5.41) is 0. The lowest BCUT2D eigenvalue weighted by atomic mass is 10.0. The maximum atomic E-state index is 14.8. The summed E-state index contributed by atoms with van der Waals surface area (Å²) in [6.07, 6.45) is 7.29. The number of hydrogen-bond donors (Lipinski definition) is 1. The molecule has 1 N–H and O–H groups in total. The van der Waals surface area contributed by atoms with Gasteiger partial charge in [0, 0.05) is 18.9 Å². The van der Waals surface area contributed by atoms with E-state index in [1.807, 2.05) is 0 Å². The Balaban J connectivity index is 1.97. The summed E-state index contributed by atoms with van der Waals surface area (Å²) < 4.78 is 57.2. The van der Waals surface area contributed by atoms with Crippen molar-refractivity contribution in [2.45, 2.75) is 30.7 Å². The van der Waals surface area contributed by atoms with E-state index in [0.717, 1.165) is 43.2 Å². The molecule has 164 valence electrons. The van der Waals surface area contributed by atoms with Gasteiger partial charge in [-0.05, 0) is 37.0 Å². The zero-order valence-corrected chi connectivity index (χ0v) is 18.2. The second kappa shape index (κ2) is 7.60. The normalized spacial score (nSPS) is 15.8. The molecule has 4 rings (SSSR count). The van der Waals surface area contributed by atoms with Crippen LogP contribution in [0, 0.1) is 16.4 Å². The van der Waals surface area contributed by atoms with E-state index in [0.29, 0.717) is 22.5 Å². The van der Waals surface area contributed by atoms with E-state index in [1.165, 1.54) is 22.4 Å². The highest BCUT2D eigenvalue weighted by molar-refractivity contribution is 7.91. The van der Waals surface area contributed by atoms with Gasteiger partial charge < -0.3 is 4.74 Å². The first-order valence-electron chi connectivity index (χ1n) is 9.66. The first-order valence-corrected chi connectivity index (χ1v) is 11.6. The number of ether oxygens (including phenoxy) is 1. The Morgan fingerprint density at radius 2 is 1.97 bits per heavy atom. The SMILES string of the molecule is COc1ncc2c(c1C1=CCCC1)n(Cc1c(F)cc([S@](C)(=N)=O)cc1F)c(=O)n2C. The number of imidazole rings is 1. The van der Waals surface area contributed by atoms with Gasteiger partial charge in [0.05, 0.1) is 51.1 Å². The number of nitrogens with one attached hydrogen (secondary N) is 1.